The number of rotatable bonds is 9. The van der Waals surface area contributed by atoms with Gasteiger partial charge < -0.3 is 29.3 Å². The Labute approximate surface area is 309 Å². The van der Waals surface area contributed by atoms with Gasteiger partial charge in [0.05, 0.1) is 30.5 Å². The molecular weight excluding hydrogens is 672 g/mol. The molecule has 1 saturated carbocycles. The van der Waals surface area contributed by atoms with Crippen LogP contribution < -0.4 is 20.4 Å². The van der Waals surface area contributed by atoms with Crippen LogP contribution in [0.2, 0.25) is 0 Å². The van der Waals surface area contributed by atoms with E-state index in [2.05, 4.69) is 53.1 Å². The minimum Gasteiger partial charge on any atom is -0.373 e. The Morgan fingerprint density at radius 3 is 2.42 bits per heavy atom. The molecule has 0 radical (unpaired) electrons. The number of pyridine rings is 1. The normalized spacial score (nSPS) is 21.6. The number of fused-ring (bicyclic) bond motifs is 1. The van der Waals surface area contributed by atoms with Crippen molar-refractivity contribution in [3.05, 3.63) is 66.1 Å². The summed E-state index contributed by atoms with van der Waals surface area (Å²) in [5, 5.41) is 6.60. The topological polar surface area (TPSA) is 141 Å². The van der Waals surface area contributed by atoms with Crippen molar-refractivity contribution in [1.82, 2.24) is 34.6 Å². The van der Waals surface area contributed by atoms with Crippen LogP contribution in [-0.2, 0) is 14.3 Å². The van der Waals surface area contributed by atoms with E-state index in [1.807, 2.05) is 30.5 Å². The van der Waals surface area contributed by atoms with Crippen molar-refractivity contribution >= 4 is 51.9 Å². The maximum absolute atomic E-state index is 13.1. The van der Waals surface area contributed by atoms with Crippen LogP contribution in [0.1, 0.15) is 66.5 Å². The van der Waals surface area contributed by atoms with Crippen molar-refractivity contribution in [2.24, 2.45) is 0 Å². The predicted molar refractivity (Wildman–Crippen MR) is 203 cm³/mol. The van der Waals surface area contributed by atoms with Crippen molar-refractivity contribution in [2.45, 2.75) is 56.6 Å². The second-order valence-electron chi connectivity index (χ2n) is 14.9. The maximum Gasteiger partial charge on any atom is 0.270 e. The number of amides is 3. The number of ether oxygens (including phenoxy) is 1. The molecule has 3 aliphatic heterocycles. The molecule has 4 fully saturated rings. The first kappa shape index (κ1) is 35.0. The van der Waals surface area contributed by atoms with Gasteiger partial charge >= 0.3 is 0 Å². The lowest BCUT2D eigenvalue weighted by atomic mass is 9.90. The minimum atomic E-state index is -0.258. The molecule has 3 saturated heterocycles. The fraction of sp³-hybridized carbons (Fsp3) is 0.487. The molecule has 2 N–H and O–H groups in total. The molecule has 8 rings (SSSR count). The molecule has 6 heterocycles. The molecule has 1 unspecified atom stereocenters. The number of piperidine rings is 1. The number of anilines is 4. The summed E-state index contributed by atoms with van der Waals surface area (Å²) >= 11 is 0. The van der Waals surface area contributed by atoms with Crippen LogP contribution >= 0.6 is 0 Å². The van der Waals surface area contributed by atoms with E-state index in [9.17, 15) is 14.4 Å². The number of carbonyl (C=O) groups is 3. The van der Waals surface area contributed by atoms with Gasteiger partial charge in [-0.15, -0.1) is 0 Å². The molecule has 14 heteroatoms. The van der Waals surface area contributed by atoms with Gasteiger partial charge in [-0.05, 0) is 55.2 Å². The van der Waals surface area contributed by atoms with E-state index >= 15 is 0 Å². The summed E-state index contributed by atoms with van der Waals surface area (Å²) in [6.07, 6.45) is 9.11. The SMILES string of the molecule is CN(C)C(=O)c1cc2cnc(Nc3ccc(N4CCO[C@@H](CN5CCN(c6ccc(C7CCC(=O)NC7=O)cc6)CC5)C4)cn3)nc2n1C1CCCC1. The highest BCUT2D eigenvalue weighted by Gasteiger charge is 2.30. The highest BCUT2D eigenvalue weighted by Crippen LogP contribution is 2.35. The second-order valence-corrected chi connectivity index (χ2v) is 14.9. The summed E-state index contributed by atoms with van der Waals surface area (Å²) in [4.78, 5) is 59.9. The van der Waals surface area contributed by atoms with E-state index in [0.717, 1.165) is 99.5 Å². The van der Waals surface area contributed by atoms with Crippen molar-refractivity contribution in [3.8, 4) is 0 Å². The molecule has 3 amide bonds. The number of imide groups is 1. The average molecular weight is 721 g/mol. The standard InChI is InChI=1S/C39H48N10O4/c1-45(2)38(52)33-21-27-22-41-39(44-36(27)49(33)29-5-3-4-6-29)42-34-13-11-30(23-40-34)48-19-20-53-31(25-48)24-46-15-17-47(18-16-46)28-9-7-26(8-10-28)32-12-14-35(50)43-37(32)51/h7-11,13,21-23,29,31-32H,3-6,12,14-20,24-25H2,1-2H3,(H,43,50,51)(H,40,41,42,44)/t31-,32?/m0/s1. The molecular formula is C39H48N10O4. The van der Waals surface area contributed by atoms with Crippen LogP contribution in [0.15, 0.2) is 54.9 Å². The number of nitrogens with one attached hydrogen (secondary N) is 2. The third-order valence-corrected chi connectivity index (χ3v) is 11.1. The Morgan fingerprint density at radius 2 is 1.70 bits per heavy atom. The fourth-order valence-electron chi connectivity index (χ4n) is 8.23. The molecule has 2 atom stereocenters. The average Bonchev–Trinajstić information content (AvgIpc) is 3.84. The summed E-state index contributed by atoms with van der Waals surface area (Å²) in [6.45, 7) is 6.87. The van der Waals surface area contributed by atoms with Gasteiger partial charge in [0.25, 0.3) is 5.91 Å². The van der Waals surface area contributed by atoms with Crippen molar-refractivity contribution in [2.75, 3.05) is 81.6 Å². The van der Waals surface area contributed by atoms with Gasteiger partial charge in [0, 0.05) is 89.6 Å². The molecule has 1 aromatic carbocycles. The molecule has 3 aromatic heterocycles. The molecule has 14 nitrogen and oxygen atoms in total. The Kier molecular flexibility index (Phi) is 9.97. The van der Waals surface area contributed by atoms with E-state index in [0.29, 0.717) is 36.9 Å². The van der Waals surface area contributed by atoms with Gasteiger partial charge in [-0.2, -0.15) is 4.98 Å². The number of benzene rings is 1. The summed E-state index contributed by atoms with van der Waals surface area (Å²) in [5.74, 6) is 0.443. The van der Waals surface area contributed by atoms with Gasteiger partial charge in [-0.25, -0.2) is 9.97 Å². The lowest BCUT2D eigenvalue weighted by molar-refractivity contribution is -0.134. The van der Waals surface area contributed by atoms with Gasteiger partial charge in [0.1, 0.15) is 17.2 Å². The smallest absolute Gasteiger partial charge is 0.270 e. The van der Waals surface area contributed by atoms with E-state index in [-0.39, 0.29) is 35.8 Å². The van der Waals surface area contributed by atoms with E-state index < -0.39 is 0 Å². The van der Waals surface area contributed by atoms with Gasteiger partial charge in [-0.1, -0.05) is 25.0 Å². The van der Waals surface area contributed by atoms with E-state index in [4.69, 9.17) is 14.7 Å². The molecule has 0 bridgehead atoms. The van der Waals surface area contributed by atoms with Crippen molar-refractivity contribution in [1.29, 1.82) is 0 Å². The van der Waals surface area contributed by atoms with Gasteiger partial charge in [0.2, 0.25) is 17.8 Å². The maximum atomic E-state index is 13.1. The first-order valence-corrected chi connectivity index (χ1v) is 18.9. The number of piperazine rings is 1. The molecule has 1 aliphatic carbocycles. The Morgan fingerprint density at radius 1 is 0.925 bits per heavy atom. The highest BCUT2D eigenvalue weighted by molar-refractivity contribution is 6.01. The van der Waals surface area contributed by atoms with Crippen molar-refractivity contribution in [3.63, 3.8) is 0 Å². The zero-order valence-corrected chi connectivity index (χ0v) is 30.5. The number of morpholine rings is 1. The van der Waals surface area contributed by atoms with Gasteiger partial charge in [0.15, 0.2) is 0 Å². The zero-order valence-electron chi connectivity index (χ0n) is 30.5. The summed E-state index contributed by atoms with van der Waals surface area (Å²) in [7, 11) is 3.56. The summed E-state index contributed by atoms with van der Waals surface area (Å²) in [5.41, 5.74) is 4.60. The van der Waals surface area contributed by atoms with Crippen LogP contribution in [0.4, 0.5) is 23.1 Å². The first-order chi connectivity index (χ1) is 25.8. The minimum absolute atomic E-state index is 0.0256. The number of hydrogen-bond donors (Lipinski definition) is 2. The lowest BCUT2D eigenvalue weighted by Crippen LogP contribution is -2.52. The molecule has 278 valence electrons. The molecule has 0 spiro atoms. The van der Waals surface area contributed by atoms with Crippen LogP contribution in [0.25, 0.3) is 11.0 Å². The third kappa shape index (κ3) is 7.56. The molecule has 4 aliphatic rings. The number of carbonyl (C=O) groups excluding carboxylic acids is 3. The Hall–Kier alpha value is -5.08. The number of aromatic nitrogens is 4. The first-order valence-electron chi connectivity index (χ1n) is 18.9. The second kappa shape index (κ2) is 15.1. The summed E-state index contributed by atoms with van der Waals surface area (Å²) < 4.78 is 8.34. The fourth-order valence-corrected chi connectivity index (χ4v) is 8.23. The highest BCUT2D eigenvalue weighted by atomic mass is 16.5. The van der Waals surface area contributed by atoms with E-state index in [1.165, 1.54) is 0 Å². The summed E-state index contributed by atoms with van der Waals surface area (Å²) in [6, 6.07) is 14.4. The third-order valence-electron chi connectivity index (χ3n) is 11.1. The quantitative estimate of drug-likeness (QED) is 0.243. The van der Waals surface area contributed by atoms with Crippen LogP contribution in [0.3, 0.4) is 0 Å². The van der Waals surface area contributed by atoms with Gasteiger partial charge in [-0.3, -0.25) is 24.6 Å². The zero-order chi connectivity index (χ0) is 36.5. The largest absolute Gasteiger partial charge is 0.373 e. The number of hydrogen-bond acceptors (Lipinski definition) is 11. The Bertz CT molecular complexity index is 1950. The lowest BCUT2D eigenvalue weighted by Gasteiger charge is -2.40. The van der Waals surface area contributed by atoms with Crippen LogP contribution in [-0.4, -0.2) is 120 Å². The van der Waals surface area contributed by atoms with Crippen LogP contribution in [0, 0.1) is 0 Å². The number of nitrogens with zero attached hydrogens (tertiary/aromatic N) is 8. The Balaban J connectivity index is 0.850. The van der Waals surface area contributed by atoms with Crippen molar-refractivity contribution < 1.29 is 19.1 Å². The molecule has 4 aromatic rings. The van der Waals surface area contributed by atoms with Crippen LogP contribution in [0.5, 0.6) is 0 Å². The van der Waals surface area contributed by atoms with E-state index in [1.54, 1.807) is 25.2 Å². The predicted octanol–water partition coefficient (Wildman–Crippen LogP) is 3.93. The monoisotopic (exact) mass is 720 g/mol. The molecule has 53 heavy (non-hydrogen) atoms.